The number of hydrogen-bond acceptors (Lipinski definition) is 2. The third kappa shape index (κ3) is 5.03. The van der Waals surface area contributed by atoms with Crippen LogP contribution in [0.1, 0.15) is 54.5 Å². The van der Waals surface area contributed by atoms with Gasteiger partial charge in [0, 0.05) is 27.5 Å². The highest BCUT2D eigenvalue weighted by molar-refractivity contribution is 6.08. The Balaban J connectivity index is 1.23. The molecule has 2 nitrogen and oxygen atoms in total. The number of hydrogen-bond donors (Lipinski definition) is 0. The quantitative estimate of drug-likeness (QED) is 0.165. The zero-order chi connectivity index (χ0) is 36.3. The summed E-state index contributed by atoms with van der Waals surface area (Å²) in [6.07, 6.45) is 5.84. The van der Waals surface area contributed by atoms with Crippen molar-refractivity contribution < 1.29 is 18.3 Å². The lowest BCUT2D eigenvalue weighted by Crippen LogP contribution is -2.35. The van der Waals surface area contributed by atoms with Crippen molar-refractivity contribution in [2.75, 3.05) is 7.11 Å². The van der Waals surface area contributed by atoms with Crippen molar-refractivity contribution in [3.8, 4) is 44.9 Å². The first kappa shape index (κ1) is 32.9. The Kier molecular flexibility index (Phi) is 7.81. The van der Waals surface area contributed by atoms with Crippen molar-refractivity contribution in [1.82, 2.24) is 0 Å². The van der Waals surface area contributed by atoms with Gasteiger partial charge in [-0.05, 0) is 105 Å². The average molecular weight is 697 g/mol. The Labute approximate surface area is 309 Å². The summed E-state index contributed by atoms with van der Waals surface area (Å²) in [5.74, 6) is 0.763. The topological polar surface area (TPSA) is 18.5 Å². The first-order chi connectivity index (χ1) is 25.9. The number of fused-ring (bicyclic) bond motifs is 8. The highest BCUT2D eigenvalue weighted by Crippen LogP contribution is 2.60. The molecule has 53 heavy (non-hydrogen) atoms. The maximum absolute atomic E-state index is 15.3. The summed E-state index contributed by atoms with van der Waals surface area (Å²) in [6, 6.07) is 45.5. The van der Waals surface area contributed by atoms with Gasteiger partial charge >= 0.3 is 0 Å². The van der Waals surface area contributed by atoms with Crippen molar-refractivity contribution in [2.45, 2.75) is 37.7 Å². The minimum absolute atomic E-state index is 0.257. The Bertz CT molecular complexity index is 2530. The Morgan fingerprint density at radius 1 is 0.604 bits per heavy atom. The number of benzene rings is 7. The van der Waals surface area contributed by atoms with Gasteiger partial charge in [0.1, 0.15) is 23.1 Å². The Morgan fingerprint density at radius 3 is 1.79 bits per heavy atom. The molecule has 1 heterocycles. The molecule has 7 aromatic carbocycles. The minimum atomic E-state index is -1.04. The second-order valence-electron chi connectivity index (χ2n) is 14.1. The van der Waals surface area contributed by atoms with Gasteiger partial charge in [0.05, 0.1) is 7.11 Å². The molecular formula is C49H38F2O2. The Morgan fingerprint density at radius 2 is 1.17 bits per heavy atom. The fourth-order valence-corrected chi connectivity index (χ4v) is 8.85. The largest absolute Gasteiger partial charge is 0.497 e. The second kappa shape index (κ2) is 12.6. The van der Waals surface area contributed by atoms with E-state index in [-0.39, 0.29) is 11.6 Å². The van der Waals surface area contributed by atoms with Crippen LogP contribution < -0.4 is 9.47 Å². The van der Waals surface area contributed by atoms with Crippen LogP contribution in [-0.4, -0.2) is 7.11 Å². The van der Waals surface area contributed by atoms with Crippen molar-refractivity contribution >= 4 is 16.8 Å². The van der Waals surface area contributed by atoms with Crippen molar-refractivity contribution in [3.05, 3.63) is 185 Å². The molecule has 1 aliphatic carbocycles. The molecule has 1 aliphatic heterocycles. The maximum Gasteiger partial charge on any atom is 0.178 e. The van der Waals surface area contributed by atoms with Gasteiger partial charge in [-0.15, -0.1) is 0 Å². The van der Waals surface area contributed by atoms with E-state index in [1.165, 1.54) is 23.3 Å². The van der Waals surface area contributed by atoms with Crippen LogP contribution in [0.4, 0.5) is 8.78 Å². The lowest BCUT2D eigenvalue weighted by atomic mass is 9.71. The lowest BCUT2D eigenvalue weighted by molar-refractivity contribution is 0.163. The number of ether oxygens (including phenoxy) is 2. The van der Waals surface area contributed by atoms with Gasteiger partial charge in [-0.2, -0.15) is 0 Å². The maximum atomic E-state index is 15.3. The van der Waals surface area contributed by atoms with Crippen LogP contribution in [0.2, 0.25) is 0 Å². The molecule has 260 valence electrons. The van der Waals surface area contributed by atoms with Gasteiger partial charge in [-0.3, -0.25) is 0 Å². The first-order valence-electron chi connectivity index (χ1n) is 18.3. The molecule has 0 saturated carbocycles. The molecule has 4 heteroatoms. The van der Waals surface area contributed by atoms with Crippen LogP contribution >= 0.6 is 0 Å². The van der Waals surface area contributed by atoms with Gasteiger partial charge in [-0.25, -0.2) is 8.78 Å². The van der Waals surface area contributed by atoms with E-state index in [1.54, 1.807) is 19.2 Å². The Hall–Kier alpha value is -6.00. The van der Waals surface area contributed by atoms with E-state index in [2.05, 4.69) is 98.8 Å². The molecule has 0 N–H and O–H groups in total. The summed E-state index contributed by atoms with van der Waals surface area (Å²) in [6.45, 7) is 4.33. The summed E-state index contributed by atoms with van der Waals surface area (Å²) in [5, 5.41) is 1.58. The summed E-state index contributed by atoms with van der Waals surface area (Å²) in [5.41, 5.74) is 9.95. The van der Waals surface area contributed by atoms with Crippen LogP contribution in [-0.2, 0) is 11.0 Å². The van der Waals surface area contributed by atoms with E-state index in [1.807, 2.05) is 42.5 Å². The molecule has 2 aliphatic rings. The van der Waals surface area contributed by atoms with Crippen molar-refractivity contribution in [1.29, 1.82) is 0 Å². The van der Waals surface area contributed by atoms with Gasteiger partial charge in [0.25, 0.3) is 0 Å². The standard InChI is InChI=1S/C49H38F2O2/c1-4-48(5-2)44-30-38(51)22-26-41(44)45-40-25-21-37(50)29-43(40)47-42(46(45)48)27-28-49(53-47,36-19-23-39(52-3)24-20-36)35-17-15-34(16-18-35)33-13-11-32(12-14-33)31-9-7-6-8-10-31/h6-30H,4-5H2,1-3H3. The van der Waals surface area contributed by atoms with Crippen LogP contribution in [0.3, 0.4) is 0 Å². The van der Waals surface area contributed by atoms with E-state index in [4.69, 9.17) is 9.47 Å². The summed E-state index contributed by atoms with van der Waals surface area (Å²) < 4.78 is 43.2. The molecule has 0 spiro atoms. The smallest absolute Gasteiger partial charge is 0.178 e. The van der Waals surface area contributed by atoms with Gasteiger partial charge in [0.2, 0.25) is 0 Å². The minimum Gasteiger partial charge on any atom is -0.497 e. The average Bonchev–Trinajstić information content (AvgIpc) is 3.51. The van der Waals surface area contributed by atoms with E-state index in [0.29, 0.717) is 11.1 Å². The molecule has 0 fully saturated rings. The molecule has 9 rings (SSSR count). The molecule has 0 bridgehead atoms. The normalized spacial score (nSPS) is 16.5. The SMILES string of the molecule is CCC1(CC)c2cc(F)ccc2-c2c1c1c(c3cc(F)ccc23)OC(c2ccc(OC)cc2)(c2ccc(-c3ccc(-c4ccccc4)cc3)cc2)C=C1. The summed E-state index contributed by atoms with van der Waals surface area (Å²) >= 11 is 0. The van der Waals surface area contributed by atoms with Crippen molar-refractivity contribution in [3.63, 3.8) is 0 Å². The third-order valence-corrected chi connectivity index (χ3v) is 11.6. The zero-order valence-corrected chi connectivity index (χ0v) is 29.9. The predicted octanol–water partition coefficient (Wildman–Crippen LogP) is 12.9. The van der Waals surface area contributed by atoms with Gasteiger partial charge in [0.15, 0.2) is 5.60 Å². The van der Waals surface area contributed by atoms with E-state index in [0.717, 1.165) is 74.0 Å². The van der Waals surface area contributed by atoms with E-state index < -0.39 is 11.0 Å². The van der Waals surface area contributed by atoms with Crippen LogP contribution in [0.15, 0.2) is 146 Å². The second-order valence-corrected chi connectivity index (χ2v) is 14.1. The van der Waals surface area contributed by atoms with E-state index >= 15 is 4.39 Å². The fraction of sp³-hybridized carbons (Fsp3) is 0.143. The van der Waals surface area contributed by atoms with Gasteiger partial charge in [-0.1, -0.05) is 123 Å². The van der Waals surface area contributed by atoms with Crippen LogP contribution in [0.25, 0.3) is 50.2 Å². The molecule has 0 radical (unpaired) electrons. The zero-order valence-electron chi connectivity index (χ0n) is 29.9. The van der Waals surface area contributed by atoms with E-state index in [9.17, 15) is 4.39 Å². The monoisotopic (exact) mass is 696 g/mol. The molecule has 0 amide bonds. The highest BCUT2D eigenvalue weighted by Gasteiger charge is 2.47. The van der Waals surface area contributed by atoms with Gasteiger partial charge < -0.3 is 9.47 Å². The number of methoxy groups -OCH3 is 1. The number of rotatable bonds is 7. The fourth-order valence-electron chi connectivity index (χ4n) is 8.85. The molecule has 7 aromatic rings. The van der Waals surface area contributed by atoms with Crippen molar-refractivity contribution in [2.24, 2.45) is 0 Å². The third-order valence-electron chi connectivity index (χ3n) is 11.6. The highest BCUT2D eigenvalue weighted by atomic mass is 19.1. The molecule has 1 atom stereocenters. The molecular weight excluding hydrogens is 659 g/mol. The van der Waals surface area contributed by atoms with Crippen LogP contribution in [0.5, 0.6) is 11.5 Å². The first-order valence-corrected chi connectivity index (χ1v) is 18.3. The predicted molar refractivity (Wildman–Crippen MR) is 211 cm³/mol. The molecule has 0 aromatic heterocycles. The summed E-state index contributed by atoms with van der Waals surface area (Å²) in [7, 11) is 1.65. The molecule has 1 unspecified atom stereocenters. The lowest BCUT2D eigenvalue weighted by Gasteiger charge is -2.39. The molecule has 0 saturated heterocycles. The summed E-state index contributed by atoms with van der Waals surface area (Å²) in [4.78, 5) is 0. The van der Waals surface area contributed by atoms with Crippen LogP contribution in [0, 0.1) is 11.6 Å². The number of halogens is 2.